The van der Waals surface area contributed by atoms with Crippen LogP contribution in [0.4, 0.5) is 0 Å². The van der Waals surface area contributed by atoms with Crippen LogP contribution in [0.15, 0.2) is 96.4 Å². The second-order valence-corrected chi connectivity index (χ2v) is 11.1. The predicted molar refractivity (Wildman–Crippen MR) is 153 cm³/mol. The Labute approximate surface area is 220 Å². The summed E-state index contributed by atoms with van der Waals surface area (Å²) in [5, 5.41) is 4.59. The quantitative estimate of drug-likeness (QED) is 0.194. The van der Waals surface area contributed by atoms with Gasteiger partial charge in [-0.1, -0.05) is 68.3 Å². The van der Waals surface area contributed by atoms with Gasteiger partial charge in [-0.05, 0) is 70.6 Å². The molecule has 3 aromatic carbocycles. The Morgan fingerprint density at radius 3 is 2.50 bits per heavy atom. The van der Waals surface area contributed by atoms with E-state index in [1.165, 1.54) is 49.4 Å². The van der Waals surface area contributed by atoms with E-state index in [1.54, 1.807) is 11.3 Å². The van der Waals surface area contributed by atoms with Crippen molar-refractivity contribution in [3.05, 3.63) is 112 Å². The van der Waals surface area contributed by atoms with Gasteiger partial charge in [-0.3, -0.25) is 0 Å². The largest absolute Gasteiger partial charge is 0.494 e. The van der Waals surface area contributed by atoms with E-state index in [1.807, 2.05) is 11.3 Å². The smallest absolute Gasteiger partial charge is 0.143 e. The highest BCUT2D eigenvalue weighted by molar-refractivity contribution is 7.21. The molecular weight excluding hydrogens is 480 g/mol. The molecule has 0 N–H and O–H groups in total. The van der Waals surface area contributed by atoms with Crippen LogP contribution in [-0.4, -0.2) is 6.61 Å². The lowest BCUT2D eigenvalue weighted by Gasteiger charge is -2.27. The van der Waals surface area contributed by atoms with Gasteiger partial charge in [-0.2, -0.15) is 0 Å². The SMILES string of the molecule is CCCCCOc1ccc(C2C=C(c3ccc(-c4cccs4)s3)c3c(ccc4ccccc34)O2)cc1. The summed E-state index contributed by atoms with van der Waals surface area (Å²) in [5.74, 6) is 1.85. The molecule has 0 saturated heterocycles. The zero-order chi connectivity index (χ0) is 24.3. The predicted octanol–water partition coefficient (Wildman–Crippen LogP) is 9.76. The fourth-order valence-electron chi connectivity index (χ4n) is 4.73. The van der Waals surface area contributed by atoms with Crippen LogP contribution in [0.2, 0.25) is 0 Å². The molecule has 0 bridgehead atoms. The molecule has 0 aliphatic carbocycles. The van der Waals surface area contributed by atoms with Gasteiger partial charge in [0.1, 0.15) is 17.6 Å². The molecule has 2 nitrogen and oxygen atoms in total. The number of hydrogen-bond donors (Lipinski definition) is 0. The number of unbranched alkanes of at least 4 members (excludes halogenated alkanes) is 2. The van der Waals surface area contributed by atoms with Crippen LogP contribution < -0.4 is 9.47 Å². The molecule has 3 heterocycles. The molecule has 0 fully saturated rings. The van der Waals surface area contributed by atoms with E-state index < -0.39 is 0 Å². The number of ether oxygens (including phenoxy) is 2. The molecule has 0 saturated carbocycles. The van der Waals surface area contributed by atoms with Crippen molar-refractivity contribution >= 4 is 39.0 Å². The Balaban J connectivity index is 1.38. The lowest BCUT2D eigenvalue weighted by Crippen LogP contribution is -2.12. The van der Waals surface area contributed by atoms with Crippen LogP contribution in [0.3, 0.4) is 0 Å². The summed E-state index contributed by atoms with van der Waals surface area (Å²) in [7, 11) is 0. The Morgan fingerprint density at radius 2 is 1.67 bits per heavy atom. The summed E-state index contributed by atoms with van der Waals surface area (Å²) >= 11 is 3.63. The first-order chi connectivity index (χ1) is 17.8. The molecule has 5 aromatic rings. The maximum atomic E-state index is 6.60. The maximum absolute atomic E-state index is 6.60. The highest BCUT2D eigenvalue weighted by Crippen LogP contribution is 2.46. The van der Waals surface area contributed by atoms with Crippen molar-refractivity contribution in [1.29, 1.82) is 0 Å². The first-order valence-corrected chi connectivity index (χ1v) is 14.3. The van der Waals surface area contributed by atoms with Crippen LogP contribution in [0, 0.1) is 0 Å². The lowest BCUT2D eigenvalue weighted by atomic mass is 9.91. The third-order valence-corrected chi connectivity index (χ3v) is 8.78. The number of thiophene rings is 2. The Bertz CT molecular complexity index is 1490. The summed E-state index contributed by atoms with van der Waals surface area (Å²) in [6.45, 7) is 2.98. The molecule has 1 atom stereocenters. The van der Waals surface area contributed by atoms with Gasteiger partial charge in [0.15, 0.2) is 0 Å². The van der Waals surface area contributed by atoms with E-state index in [4.69, 9.17) is 9.47 Å². The molecule has 0 radical (unpaired) electrons. The first-order valence-electron chi connectivity index (χ1n) is 12.6. The molecule has 1 unspecified atom stereocenters. The normalized spacial score (nSPS) is 14.8. The number of fused-ring (bicyclic) bond motifs is 3. The maximum Gasteiger partial charge on any atom is 0.143 e. The molecule has 36 heavy (non-hydrogen) atoms. The van der Waals surface area contributed by atoms with Gasteiger partial charge >= 0.3 is 0 Å². The van der Waals surface area contributed by atoms with Crippen LogP contribution in [0.25, 0.3) is 26.1 Å². The Kier molecular flexibility index (Phi) is 6.63. The van der Waals surface area contributed by atoms with E-state index >= 15 is 0 Å². The minimum Gasteiger partial charge on any atom is -0.494 e. The van der Waals surface area contributed by atoms with E-state index in [2.05, 4.69) is 103 Å². The van der Waals surface area contributed by atoms with Crippen molar-refractivity contribution < 1.29 is 9.47 Å². The average molecular weight is 509 g/mol. The molecule has 1 aliphatic rings. The van der Waals surface area contributed by atoms with Crippen molar-refractivity contribution in [3.8, 4) is 21.3 Å². The monoisotopic (exact) mass is 508 g/mol. The summed E-state index contributed by atoms with van der Waals surface area (Å²) in [4.78, 5) is 3.87. The summed E-state index contributed by atoms with van der Waals surface area (Å²) < 4.78 is 12.5. The van der Waals surface area contributed by atoms with Crippen LogP contribution in [0.1, 0.15) is 48.3 Å². The number of rotatable bonds is 8. The standard InChI is InChI=1S/C32H28O2S2/c1-2-3-6-19-33-24-14-11-23(12-15-24)28-21-26(29-17-18-31(36-29)30-10-7-20-35-30)32-25-9-5-4-8-22(25)13-16-27(32)34-28/h4-5,7-18,20-21,28H,2-3,6,19H2,1H3. The minimum atomic E-state index is -0.157. The zero-order valence-electron chi connectivity index (χ0n) is 20.3. The molecule has 1 aliphatic heterocycles. The van der Waals surface area contributed by atoms with E-state index in [0.29, 0.717) is 0 Å². The van der Waals surface area contributed by atoms with E-state index in [9.17, 15) is 0 Å². The molecular formula is C32H28O2S2. The fraction of sp³-hybridized carbons (Fsp3) is 0.188. The van der Waals surface area contributed by atoms with Crippen molar-refractivity contribution in [1.82, 2.24) is 0 Å². The second kappa shape index (κ2) is 10.3. The average Bonchev–Trinajstić information content (AvgIpc) is 3.63. The van der Waals surface area contributed by atoms with Gasteiger partial charge in [0, 0.05) is 25.8 Å². The van der Waals surface area contributed by atoms with Crippen LogP contribution >= 0.6 is 22.7 Å². The van der Waals surface area contributed by atoms with Crippen LogP contribution in [-0.2, 0) is 0 Å². The Hall–Kier alpha value is -3.34. The third kappa shape index (κ3) is 4.59. The zero-order valence-corrected chi connectivity index (χ0v) is 21.9. The molecule has 2 aromatic heterocycles. The van der Waals surface area contributed by atoms with Gasteiger partial charge in [0.2, 0.25) is 0 Å². The highest BCUT2D eigenvalue weighted by atomic mass is 32.1. The van der Waals surface area contributed by atoms with Gasteiger partial charge < -0.3 is 9.47 Å². The number of hydrogen-bond acceptors (Lipinski definition) is 4. The highest BCUT2D eigenvalue weighted by Gasteiger charge is 2.26. The lowest BCUT2D eigenvalue weighted by molar-refractivity contribution is 0.251. The molecule has 6 rings (SSSR count). The fourth-order valence-corrected chi connectivity index (χ4v) is 6.60. The molecule has 4 heteroatoms. The number of benzene rings is 3. The van der Waals surface area contributed by atoms with Crippen molar-refractivity contribution in [2.75, 3.05) is 6.61 Å². The van der Waals surface area contributed by atoms with E-state index in [-0.39, 0.29) is 6.10 Å². The summed E-state index contributed by atoms with van der Waals surface area (Å²) in [5.41, 5.74) is 3.55. The van der Waals surface area contributed by atoms with Crippen molar-refractivity contribution in [2.24, 2.45) is 0 Å². The topological polar surface area (TPSA) is 18.5 Å². The Morgan fingerprint density at radius 1 is 0.806 bits per heavy atom. The molecule has 0 spiro atoms. The molecule has 180 valence electrons. The third-order valence-electron chi connectivity index (χ3n) is 6.59. The van der Waals surface area contributed by atoms with Gasteiger partial charge in [0.25, 0.3) is 0 Å². The summed E-state index contributed by atoms with van der Waals surface area (Å²) in [6, 6.07) is 30.0. The van der Waals surface area contributed by atoms with Gasteiger partial charge in [-0.25, -0.2) is 0 Å². The van der Waals surface area contributed by atoms with E-state index in [0.717, 1.165) is 30.1 Å². The van der Waals surface area contributed by atoms with Crippen molar-refractivity contribution in [3.63, 3.8) is 0 Å². The minimum absolute atomic E-state index is 0.157. The van der Waals surface area contributed by atoms with Crippen LogP contribution in [0.5, 0.6) is 11.5 Å². The first kappa shape index (κ1) is 23.1. The summed E-state index contributed by atoms with van der Waals surface area (Å²) in [6.07, 6.45) is 5.62. The van der Waals surface area contributed by atoms with Gasteiger partial charge in [-0.15, -0.1) is 22.7 Å². The second-order valence-electron chi connectivity index (χ2n) is 9.04. The molecule has 0 amide bonds. The van der Waals surface area contributed by atoms with Crippen molar-refractivity contribution in [2.45, 2.75) is 32.3 Å². The van der Waals surface area contributed by atoms with Gasteiger partial charge in [0.05, 0.1) is 6.61 Å².